The molecule has 0 saturated carbocycles. The van der Waals surface area contributed by atoms with Gasteiger partial charge in [0.25, 0.3) is 0 Å². The van der Waals surface area contributed by atoms with Gasteiger partial charge < -0.3 is 19.3 Å². The molecule has 6 nitrogen and oxygen atoms in total. The first-order valence-corrected chi connectivity index (χ1v) is 18.8. The molecule has 54 heavy (non-hydrogen) atoms. The van der Waals surface area contributed by atoms with Gasteiger partial charge in [-0.3, -0.25) is 0 Å². The lowest BCUT2D eigenvalue weighted by atomic mass is 9.85. The van der Waals surface area contributed by atoms with Gasteiger partial charge in [-0.2, -0.15) is 0 Å². The molecule has 0 aliphatic carbocycles. The van der Waals surface area contributed by atoms with Crippen molar-refractivity contribution in [3.63, 3.8) is 0 Å². The topological polar surface area (TPSA) is 84.5 Å². The summed E-state index contributed by atoms with van der Waals surface area (Å²) >= 11 is 0. The van der Waals surface area contributed by atoms with E-state index in [1.165, 1.54) is 22.3 Å². The van der Waals surface area contributed by atoms with Crippen LogP contribution in [0.25, 0.3) is 55.0 Å². The summed E-state index contributed by atoms with van der Waals surface area (Å²) in [4.78, 5) is 25.8. The van der Waals surface area contributed by atoms with E-state index in [1.807, 2.05) is 0 Å². The summed E-state index contributed by atoms with van der Waals surface area (Å²) in [5.41, 5.74) is 8.65. The highest BCUT2D eigenvalue weighted by atomic mass is 16.4. The predicted octanol–water partition coefficient (Wildman–Crippen LogP) is 12.5. The summed E-state index contributed by atoms with van der Waals surface area (Å²) in [7, 11) is 0. The van der Waals surface area contributed by atoms with Crippen LogP contribution in [0.3, 0.4) is 0 Å². The number of aromatic carboxylic acids is 2. The first-order valence-electron chi connectivity index (χ1n) is 18.8. The molecule has 7 aromatic rings. The average molecular weight is 721 g/mol. The minimum absolute atomic E-state index is 0.101. The fourth-order valence-electron chi connectivity index (χ4n) is 7.72. The van der Waals surface area contributed by atoms with E-state index < -0.39 is 11.9 Å². The number of aromatic nitrogens is 2. The number of benzene rings is 5. The molecule has 0 spiro atoms. The van der Waals surface area contributed by atoms with Gasteiger partial charge in [-0.25, -0.2) is 9.59 Å². The fourth-order valence-corrected chi connectivity index (χ4v) is 7.72. The Balaban J connectivity index is 1.70. The largest absolute Gasteiger partial charge is 0.478 e. The lowest BCUT2D eigenvalue weighted by Gasteiger charge is -2.21. The molecular weight excluding hydrogens is 669 g/mol. The van der Waals surface area contributed by atoms with Crippen LogP contribution in [0.2, 0.25) is 0 Å². The Morgan fingerprint density at radius 1 is 0.389 bits per heavy atom. The van der Waals surface area contributed by atoms with Crippen molar-refractivity contribution in [2.24, 2.45) is 0 Å². The molecule has 2 N–H and O–H groups in total. The summed E-state index contributed by atoms with van der Waals surface area (Å²) < 4.78 is 4.25. The van der Waals surface area contributed by atoms with E-state index >= 15 is 0 Å². The molecule has 0 saturated heterocycles. The Kier molecular flexibility index (Phi) is 8.27. The van der Waals surface area contributed by atoms with Crippen molar-refractivity contribution in [3.8, 4) is 11.4 Å². The van der Waals surface area contributed by atoms with Gasteiger partial charge in [0.1, 0.15) is 0 Å². The molecule has 2 heterocycles. The van der Waals surface area contributed by atoms with Crippen molar-refractivity contribution in [2.45, 2.75) is 105 Å². The minimum atomic E-state index is -1.29. The van der Waals surface area contributed by atoms with E-state index in [2.05, 4.69) is 165 Å². The van der Waals surface area contributed by atoms with E-state index in [0.717, 1.165) is 43.6 Å². The van der Waals surface area contributed by atoms with Crippen LogP contribution in [0.15, 0.2) is 84.9 Å². The zero-order valence-electron chi connectivity index (χ0n) is 33.7. The van der Waals surface area contributed by atoms with Crippen molar-refractivity contribution < 1.29 is 19.8 Å². The molecule has 0 aliphatic heterocycles. The zero-order valence-corrected chi connectivity index (χ0v) is 33.7. The third-order valence-corrected chi connectivity index (χ3v) is 11.1. The monoisotopic (exact) mass is 720 g/mol. The SMILES string of the molecule is CC(C)(C)c1ccc2c(c1)c1cc(C(C)(C)C)ccc1n2-c1cc(C(=O)O)c(C(=O)O)cc1-n1c2ccc(C(C)(C)C)cc2c2cc(C(C)(C)C)ccc21. The molecule has 2 aromatic heterocycles. The average Bonchev–Trinajstić information content (AvgIpc) is 3.57. The Bertz CT molecular complexity index is 2360. The fraction of sp³-hybridized carbons (Fsp3) is 0.333. The van der Waals surface area contributed by atoms with E-state index in [0.29, 0.717) is 11.4 Å². The van der Waals surface area contributed by atoms with Gasteiger partial charge in [-0.05, 0) is 105 Å². The molecule has 0 radical (unpaired) electrons. The second-order valence-corrected chi connectivity index (χ2v) is 19.1. The number of fused-ring (bicyclic) bond motifs is 6. The maximum atomic E-state index is 12.9. The van der Waals surface area contributed by atoms with E-state index in [9.17, 15) is 19.8 Å². The molecule has 0 amide bonds. The smallest absolute Gasteiger partial charge is 0.336 e. The van der Waals surface area contributed by atoms with Crippen molar-refractivity contribution in [1.82, 2.24) is 9.13 Å². The standard InChI is InChI=1S/C48H52N2O4/c1-45(2,3)27-13-17-37-31(21-27)32-22-28(46(4,5)6)14-18-38(32)49(37)41-25-35(43(51)52)36(44(53)54)26-42(41)50-39-19-15-29(47(7,8)9)23-33(39)34-24-30(48(10,11)12)16-20-40(34)50/h13-26H,1-12H3,(H,51,52)(H,53,54). The number of hydrogen-bond donors (Lipinski definition) is 2. The molecule has 7 rings (SSSR count). The zero-order chi connectivity index (χ0) is 39.4. The van der Waals surface area contributed by atoms with Crippen LogP contribution in [0.1, 0.15) is 126 Å². The molecule has 0 unspecified atom stereocenters. The Labute approximate surface area is 318 Å². The Hall–Kier alpha value is -5.36. The predicted molar refractivity (Wildman–Crippen MR) is 224 cm³/mol. The van der Waals surface area contributed by atoms with Gasteiger partial charge in [0, 0.05) is 21.5 Å². The number of carbonyl (C=O) groups is 2. The van der Waals surface area contributed by atoms with Crippen LogP contribution >= 0.6 is 0 Å². The van der Waals surface area contributed by atoms with E-state index in [1.54, 1.807) is 12.1 Å². The van der Waals surface area contributed by atoms with Gasteiger partial charge in [0.05, 0.1) is 44.6 Å². The van der Waals surface area contributed by atoms with Gasteiger partial charge in [0.2, 0.25) is 0 Å². The summed E-state index contributed by atoms with van der Waals surface area (Å²) in [5, 5.41) is 25.3. The molecule has 6 heteroatoms. The van der Waals surface area contributed by atoms with Crippen LogP contribution < -0.4 is 0 Å². The molecule has 0 aliphatic rings. The third-order valence-electron chi connectivity index (χ3n) is 11.1. The number of nitrogens with zero attached hydrogens (tertiary/aromatic N) is 2. The molecule has 0 bridgehead atoms. The summed E-state index contributed by atoms with van der Waals surface area (Å²) in [6.45, 7) is 26.4. The van der Waals surface area contributed by atoms with Gasteiger partial charge in [-0.15, -0.1) is 0 Å². The molecule has 0 fully saturated rings. The highest BCUT2D eigenvalue weighted by Gasteiger charge is 2.28. The van der Waals surface area contributed by atoms with Crippen LogP contribution in [-0.4, -0.2) is 31.3 Å². The number of hydrogen-bond acceptors (Lipinski definition) is 2. The minimum Gasteiger partial charge on any atom is -0.478 e. The second-order valence-electron chi connectivity index (χ2n) is 19.1. The van der Waals surface area contributed by atoms with Gasteiger partial charge in [-0.1, -0.05) is 107 Å². The molecule has 0 atom stereocenters. The highest BCUT2D eigenvalue weighted by molar-refractivity contribution is 6.13. The molecule has 5 aromatic carbocycles. The number of carboxylic acid groups (broad SMARTS) is 2. The maximum Gasteiger partial charge on any atom is 0.336 e. The first-order chi connectivity index (χ1) is 25.0. The van der Waals surface area contributed by atoms with Crippen LogP contribution in [0, 0.1) is 0 Å². The van der Waals surface area contributed by atoms with Crippen LogP contribution in [0.4, 0.5) is 0 Å². The lowest BCUT2D eigenvalue weighted by molar-refractivity contribution is 0.0651. The quantitative estimate of drug-likeness (QED) is 0.190. The Morgan fingerprint density at radius 3 is 0.796 bits per heavy atom. The first kappa shape index (κ1) is 37.0. The van der Waals surface area contributed by atoms with Crippen molar-refractivity contribution >= 4 is 55.6 Å². The van der Waals surface area contributed by atoms with Gasteiger partial charge >= 0.3 is 11.9 Å². The number of carboxylic acids is 2. The van der Waals surface area contributed by atoms with Crippen molar-refractivity contribution in [1.29, 1.82) is 0 Å². The van der Waals surface area contributed by atoms with Crippen LogP contribution in [-0.2, 0) is 21.7 Å². The summed E-state index contributed by atoms with van der Waals surface area (Å²) in [6.07, 6.45) is 0. The normalized spacial score (nSPS) is 13.1. The number of rotatable bonds is 4. The van der Waals surface area contributed by atoms with E-state index in [4.69, 9.17) is 0 Å². The third kappa shape index (κ3) is 6.06. The van der Waals surface area contributed by atoms with Crippen molar-refractivity contribution in [2.75, 3.05) is 0 Å². The second kappa shape index (κ2) is 12.1. The Morgan fingerprint density at radius 2 is 0.611 bits per heavy atom. The van der Waals surface area contributed by atoms with Gasteiger partial charge in [0.15, 0.2) is 0 Å². The van der Waals surface area contributed by atoms with E-state index in [-0.39, 0.29) is 32.8 Å². The highest BCUT2D eigenvalue weighted by Crippen LogP contribution is 2.43. The molecule has 278 valence electrons. The molecular formula is C48H52N2O4. The summed E-state index contributed by atoms with van der Waals surface area (Å²) in [6, 6.07) is 29.2. The summed E-state index contributed by atoms with van der Waals surface area (Å²) in [5.74, 6) is -2.59. The maximum absolute atomic E-state index is 12.9. The van der Waals surface area contributed by atoms with Crippen LogP contribution in [0.5, 0.6) is 0 Å². The van der Waals surface area contributed by atoms with Crippen molar-refractivity contribution in [3.05, 3.63) is 118 Å². The lowest BCUT2D eigenvalue weighted by Crippen LogP contribution is -2.14.